The number of hydrogen-bond acceptors (Lipinski definition) is 6. The van der Waals surface area contributed by atoms with Crippen LogP contribution < -0.4 is 5.73 Å². The maximum atomic E-state index is 11.9. The molecule has 2 unspecified atom stereocenters. The summed E-state index contributed by atoms with van der Waals surface area (Å²) < 4.78 is 5.24. The molecule has 7 nitrogen and oxygen atoms in total. The number of nitrogens with two attached hydrogens (primary N) is 1. The largest absolute Gasteiger partial charge is 0.477 e. The summed E-state index contributed by atoms with van der Waals surface area (Å²) in [6.07, 6.45) is -0.791. The first kappa shape index (κ1) is 14.3. The molecule has 106 valence electrons. The fourth-order valence-electron chi connectivity index (χ4n) is 2.20. The highest BCUT2D eigenvalue weighted by Gasteiger charge is 2.57. The highest BCUT2D eigenvalue weighted by atomic mass is 32.2. The van der Waals surface area contributed by atoms with Gasteiger partial charge in [0.25, 0.3) is 0 Å². The van der Waals surface area contributed by atoms with Gasteiger partial charge in [-0.25, -0.2) is 4.79 Å². The zero-order valence-corrected chi connectivity index (χ0v) is 11.2. The van der Waals surface area contributed by atoms with Gasteiger partial charge in [0.05, 0.1) is 25.2 Å². The van der Waals surface area contributed by atoms with E-state index in [9.17, 15) is 19.8 Å². The Bertz CT molecular complexity index is 437. The van der Waals surface area contributed by atoms with Crippen LogP contribution in [0, 0.1) is 5.92 Å². The molecule has 3 atom stereocenters. The third-order valence-electron chi connectivity index (χ3n) is 3.07. The highest BCUT2D eigenvalue weighted by molar-refractivity contribution is 8.04. The minimum absolute atomic E-state index is 0.0334. The number of rotatable bonds is 6. The molecule has 2 heterocycles. The average Bonchev–Trinajstić information content (AvgIpc) is 2.64. The number of carboxylic acids is 1. The minimum Gasteiger partial charge on any atom is -0.477 e. The number of hydrogen-bond donors (Lipinski definition) is 3. The molecule has 0 aromatic heterocycles. The second-order valence-corrected chi connectivity index (χ2v) is 5.61. The molecule has 1 amide bonds. The molecular formula is C11H16N2O5S. The van der Waals surface area contributed by atoms with Gasteiger partial charge in [0.2, 0.25) is 5.91 Å². The van der Waals surface area contributed by atoms with Crippen molar-refractivity contribution in [3.8, 4) is 0 Å². The van der Waals surface area contributed by atoms with E-state index >= 15 is 0 Å². The number of ether oxygens (including phenoxy) is 1. The van der Waals surface area contributed by atoms with Gasteiger partial charge in [0, 0.05) is 11.4 Å². The number of carboxylic acid groups (broad SMARTS) is 1. The zero-order valence-electron chi connectivity index (χ0n) is 10.4. The van der Waals surface area contributed by atoms with Gasteiger partial charge in [-0.2, -0.15) is 0 Å². The summed E-state index contributed by atoms with van der Waals surface area (Å²) in [6.45, 7) is 2.33. The summed E-state index contributed by atoms with van der Waals surface area (Å²) in [5.74, 6) is -2.05. The number of carbonyl (C=O) groups is 2. The Labute approximate surface area is 114 Å². The number of fused-ring (bicyclic) bond motifs is 1. The Kier molecular flexibility index (Phi) is 4.14. The van der Waals surface area contributed by atoms with Gasteiger partial charge in [-0.1, -0.05) is 11.8 Å². The van der Waals surface area contributed by atoms with E-state index in [1.54, 1.807) is 0 Å². The molecule has 0 saturated carbocycles. The van der Waals surface area contributed by atoms with Crippen LogP contribution in [-0.2, 0) is 14.3 Å². The van der Waals surface area contributed by atoms with Gasteiger partial charge in [0.15, 0.2) is 0 Å². The van der Waals surface area contributed by atoms with Gasteiger partial charge >= 0.3 is 5.97 Å². The molecule has 2 rings (SSSR count). The Hall–Kier alpha value is -1.09. The van der Waals surface area contributed by atoms with Crippen molar-refractivity contribution in [1.82, 2.24) is 4.90 Å². The monoisotopic (exact) mass is 288 g/mol. The van der Waals surface area contributed by atoms with Crippen molar-refractivity contribution in [3.63, 3.8) is 0 Å². The van der Waals surface area contributed by atoms with E-state index in [0.717, 1.165) is 0 Å². The summed E-state index contributed by atoms with van der Waals surface area (Å²) in [5, 5.41) is 18.4. The van der Waals surface area contributed by atoms with Crippen LogP contribution in [0.4, 0.5) is 0 Å². The van der Waals surface area contributed by atoms with Crippen molar-refractivity contribution in [2.24, 2.45) is 11.7 Å². The van der Waals surface area contributed by atoms with Crippen LogP contribution in [0.5, 0.6) is 0 Å². The second-order valence-electron chi connectivity index (χ2n) is 4.40. The first-order chi connectivity index (χ1) is 8.99. The fraction of sp³-hybridized carbons (Fsp3) is 0.636. The number of aliphatic hydroxyl groups is 1. The molecule has 0 aromatic rings. The quantitative estimate of drug-likeness (QED) is 0.432. The van der Waals surface area contributed by atoms with Gasteiger partial charge in [-0.15, -0.1) is 0 Å². The number of aliphatic carboxylic acids is 1. The van der Waals surface area contributed by atoms with Crippen LogP contribution in [0.25, 0.3) is 0 Å². The maximum Gasteiger partial charge on any atom is 0.353 e. The van der Waals surface area contributed by atoms with Crippen LogP contribution in [0.15, 0.2) is 10.6 Å². The fourth-order valence-corrected chi connectivity index (χ4v) is 3.75. The Balaban J connectivity index is 2.14. The molecule has 0 spiro atoms. The molecule has 0 bridgehead atoms. The molecular weight excluding hydrogens is 272 g/mol. The lowest BCUT2D eigenvalue weighted by molar-refractivity contribution is -0.156. The van der Waals surface area contributed by atoms with Crippen molar-refractivity contribution >= 4 is 23.6 Å². The lowest BCUT2D eigenvalue weighted by Crippen LogP contribution is -2.60. The van der Waals surface area contributed by atoms with E-state index in [4.69, 9.17) is 10.5 Å². The third kappa shape index (κ3) is 2.36. The topological polar surface area (TPSA) is 113 Å². The summed E-state index contributed by atoms with van der Waals surface area (Å²) in [4.78, 5) is 24.8. The van der Waals surface area contributed by atoms with Crippen molar-refractivity contribution in [3.05, 3.63) is 10.6 Å². The molecule has 2 aliphatic rings. The molecule has 0 aliphatic carbocycles. The molecule has 2 aliphatic heterocycles. The molecule has 8 heteroatoms. The van der Waals surface area contributed by atoms with Crippen LogP contribution >= 0.6 is 11.8 Å². The normalized spacial score (nSPS) is 27.3. The first-order valence-electron chi connectivity index (χ1n) is 5.91. The van der Waals surface area contributed by atoms with E-state index in [1.807, 2.05) is 0 Å². The second kappa shape index (κ2) is 5.49. The number of nitrogens with zero attached hydrogens (tertiary/aromatic N) is 1. The van der Waals surface area contributed by atoms with Gasteiger partial charge in [-0.3, -0.25) is 9.69 Å². The van der Waals surface area contributed by atoms with Gasteiger partial charge in [-0.05, 0) is 6.92 Å². The summed E-state index contributed by atoms with van der Waals surface area (Å²) in [5.41, 5.74) is 5.26. The number of amides is 1. The number of aliphatic hydroxyl groups excluding tert-OH is 1. The van der Waals surface area contributed by atoms with Crippen molar-refractivity contribution < 1.29 is 24.5 Å². The van der Waals surface area contributed by atoms with E-state index < -0.39 is 18.0 Å². The molecule has 1 fully saturated rings. The smallest absolute Gasteiger partial charge is 0.353 e. The predicted molar refractivity (Wildman–Crippen MR) is 67.9 cm³/mol. The van der Waals surface area contributed by atoms with E-state index in [2.05, 4.69) is 0 Å². The lowest BCUT2D eigenvalue weighted by Gasteiger charge is -2.43. The van der Waals surface area contributed by atoms with E-state index in [0.29, 0.717) is 18.1 Å². The summed E-state index contributed by atoms with van der Waals surface area (Å²) >= 11 is 1.27. The third-order valence-corrected chi connectivity index (χ3v) is 4.41. The first-order valence-corrected chi connectivity index (χ1v) is 6.79. The number of thioether (sulfide) groups is 1. The van der Waals surface area contributed by atoms with Gasteiger partial charge in [0.1, 0.15) is 11.1 Å². The molecule has 1 saturated heterocycles. The Morgan fingerprint density at radius 1 is 1.63 bits per heavy atom. The molecule has 0 aromatic carbocycles. The van der Waals surface area contributed by atoms with Crippen LogP contribution in [0.3, 0.4) is 0 Å². The Morgan fingerprint density at radius 2 is 2.32 bits per heavy atom. The number of β-lactam (4-membered cyclic amide) rings is 1. The van der Waals surface area contributed by atoms with E-state index in [-0.39, 0.29) is 23.6 Å². The summed E-state index contributed by atoms with van der Waals surface area (Å²) in [6, 6.07) is 0. The lowest BCUT2D eigenvalue weighted by atomic mass is 9.92. The standard InChI is InChI=1S/C11H16N2O5S/c1-5(14)7-9(15)13-8(11(16)17)6(19-10(7)13)4-18-3-2-12/h5,7,10,14H,2-4,12H2,1H3,(H,16,17)/t5?,7?,10-/m1/s1. The van der Waals surface area contributed by atoms with Crippen molar-refractivity contribution in [1.29, 1.82) is 0 Å². The number of carbonyl (C=O) groups excluding carboxylic acids is 1. The maximum absolute atomic E-state index is 11.9. The molecule has 0 radical (unpaired) electrons. The Morgan fingerprint density at radius 3 is 2.84 bits per heavy atom. The van der Waals surface area contributed by atoms with Crippen molar-refractivity contribution in [2.45, 2.75) is 18.4 Å². The predicted octanol–water partition coefficient (Wildman–Crippen LogP) is -0.830. The van der Waals surface area contributed by atoms with Gasteiger partial charge < -0.3 is 20.7 Å². The highest BCUT2D eigenvalue weighted by Crippen LogP contribution is 2.50. The zero-order chi connectivity index (χ0) is 14.2. The van der Waals surface area contributed by atoms with Crippen LogP contribution in [0.1, 0.15) is 6.92 Å². The van der Waals surface area contributed by atoms with Crippen molar-refractivity contribution in [2.75, 3.05) is 19.8 Å². The van der Waals surface area contributed by atoms with Crippen LogP contribution in [-0.4, -0.2) is 58.2 Å². The van der Waals surface area contributed by atoms with E-state index in [1.165, 1.54) is 23.6 Å². The SMILES string of the molecule is CC(O)C1C(=O)N2C(C(=O)O)=C(COCCN)S[C@H]12. The molecule has 4 N–H and O–H groups in total. The van der Waals surface area contributed by atoms with Crippen LogP contribution in [0.2, 0.25) is 0 Å². The minimum atomic E-state index is -1.15. The molecule has 19 heavy (non-hydrogen) atoms. The summed E-state index contributed by atoms with van der Waals surface area (Å²) in [7, 11) is 0. The average molecular weight is 288 g/mol.